The molecule has 1 amide bonds. The topological polar surface area (TPSA) is 75.4 Å². The minimum absolute atomic E-state index is 0.133. The van der Waals surface area contributed by atoms with Crippen LogP contribution < -0.4 is 11.1 Å². The van der Waals surface area contributed by atoms with Gasteiger partial charge in [-0.2, -0.15) is 0 Å². The predicted octanol–water partition coefficient (Wildman–Crippen LogP) is 1.94. The summed E-state index contributed by atoms with van der Waals surface area (Å²) in [7, 11) is 0. The maximum atomic E-state index is 13.4. The van der Waals surface area contributed by atoms with Crippen molar-refractivity contribution in [1.29, 1.82) is 0 Å². The first-order valence-electron chi connectivity index (χ1n) is 6.78. The van der Waals surface area contributed by atoms with Crippen molar-refractivity contribution in [1.82, 2.24) is 5.32 Å². The van der Waals surface area contributed by atoms with E-state index in [4.69, 9.17) is 5.73 Å². The second kappa shape index (κ2) is 5.38. The molecule has 114 valence electrons. The Labute approximate surface area is 125 Å². The van der Waals surface area contributed by atoms with Crippen LogP contribution in [0, 0.1) is 11.6 Å². The molecule has 4 N–H and O–H groups in total. The lowest BCUT2D eigenvalue weighted by Gasteiger charge is -2.18. The molecule has 0 saturated carbocycles. The average molecular weight is 304 g/mol. The number of aliphatic hydroxyl groups is 1. The quantitative estimate of drug-likeness (QED) is 0.742. The number of hydrogen-bond acceptors (Lipinski definition) is 3. The zero-order valence-electron chi connectivity index (χ0n) is 11.5. The van der Waals surface area contributed by atoms with Gasteiger partial charge in [0.25, 0.3) is 5.91 Å². The number of fused-ring (bicyclic) bond motifs is 1. The Balaban J connectivity index is 1.85. The van der Waals surface area contributed by atoms with E-state index in [1.165, 1.54) is 24.3 Å². The van der Waals surface area contributed by atoms with E-state index in [9.17, 15) is 18.7 Å². The largest absolute Gasteiger partial charge is 0.396 e. The fourth-order valence-electron chi connectivity index (χ4n) is 2.68. The number of carbonyl (C=O) groups excluding carboxylic acids is 1. The van der Waals surface area contributed by atoms with E-state index in [0.717, 1.165) is 11.6 Å². The number of amides is 1. The van der Waals surface area contributed by atoms with Gasteiger partial charge in [-0.15, -0.1) is 0 Å². The van der Waals surface area contributed by atoms with Crippen molar-refractivity contribution in [2.24, 2.45) is 0 Å². The molecule has 0 aliphatic heterocycles. The molecule has 0 unspecified atom stereocenters. The van der Waals surface area contributed by atoms with Crippen molar-refractivity contribution >= 4 is 11.6 Å². The summed E-state index contributed by atoms with van der Waals surface area (Å²) in [5.41, 5.74) is 6.82. The van der Waals surface area contributed by atoms with Gasteiger partial charge in [0.2, 0.25) is 0 Å². The number of carbonyl (C=O) groups is 1. The second-order valence-corrected chi connectivity index (χ2v) is 5.30. The van der Waals surface area contributed by atoms with Crippen LogP contribution in [-0.4, -0.2) is 17.1 Å². The van der Waals surface area contributed by atoms with Gasteiger partial charge in [0.1, 0.15) is 11.6 Å². The van der Waals surface area contributed by atoms with E-state index in [1.54, 1.807) is 6.07 Å². The summed E-state index contributed by atoms with van der Waals surface area (Å²) in [6.07, 6.45) is -0.495. The molecular formula is C16H14F2N2O2. The normalized spacial score (nSPS) is 19.8. The smallest absolute Gasteiger partial charge is 0.251 e. The summed E-state index contributed by atoms with van der Waals surface area (Å²) >= 11 is 0. The standard InChI is InChI=1S/C16H14F2N2O2/c17-10-3-1-8-6-14(21)15(11(8)7-10)20-16(22)9-2-4-12(18)13(19)5-9/h1-5,7,14-15,21H,6,19H2,(H,20,22)/t14-,15+/m0/s1. The van der Waals surface area contributed by atoms with Gasteiger partial charge < -0.3 is 16.2 Å². The van der Waals surface area contributed by atoms with Crippen LogP contribution >= 0.6 is 0 Å². The highest BCUT2D eigenvalue weighted by Gasteiger charge is 2.32. The molecule has 0 fully saturated rings. The van der Waals surface area contributed by atoms with Crippen LogP contribution in [-0.2, 0) is 6.42 Å². The van der Waals surface area contributed by atoms with Crippen LogP contribution in [0.1, 0.15) is 27.5 Å². The predicted molar refractivity (Wildman–Crippen MR) is 77.1 cm³/mol. The van der Waals surface area contributed by atoms with Gasteiger partial charge in [-0.1, -0.05) is 6.07 Å². The summed E-state index contributed by atoms with van der Waals surface area (Å²) in [5.74, 6) is -1.55. The number of nitrogens with two attached hydrogens (primary N) is 1. The molecule has 2 aromatic rings. The number of halogens is 2. The number of nitrogen functional groups attached to an aromatic ring is 1. The fourth-order valence-corrected chi connectivity index (χ4v) is 2.68. The van der Waals surface area contributed by atoms with Crippen molar-refractivity contribution in [2.45, 2.75) is 18.6 Å². The monoisotopic (exact) mass is 304 g/mol. The maximum absolute atomic E-state index is 13.4. The van der Waals surface area contributed by atoms with Gasteiger partial charge in [-0.05, 0) is 41.5 Å². The lowest BCUT2D eigenvalue weighted by molar-refractivity contribution is 0.0858. The third kappa shape index (κ3) is 2.53. The third-order valence-electron chi connectivity index (χ3n) is 3.80. The van der Waals surface area contributed by atoms with E-state index in [0.29, 0.717) is 12.0 Å². The Morgan fingerprint density at radius 3 is 2.73 bits per heavy atom. The Hall–Kier alpha value is -2.47. The number of rotatable bonds is 2. The molecule has 0 aromatic heterocycles. The van der Waals surface area contributed by atoms with Gasteiger partial charge in [0.05, 0.1) is 17.8 Å². The van der Waals surface area contributed by atoms with Gasteiger partial charge in [0, 0.05) is 12.0 Å². The minimum Gasteiger partial charge on any atom is -0.396 e. The zero-order valence-corrected chi connectivity index (χ0v) is 11.5. The molecule has 1 aliphatic carbocycles. The van der Waals surface area contributed by atoms with E-state index in [1.807, 2.05) is 0 Å². The molecule has 0 radical (unpaired) electrons. The molecule has 0 bridgehead atoms. The number of aliphatic hydroxyl groups excluding tert-OH is 1. The Bertz CT molecular complexity index is 749. The molecule has 4 nitrogen and oxygen atoms in total. The fraction of sp³-hybridized carbons (Fsp3) is 0.188. The van der Waals surface area contributed by atoms with E-state index in [2.05, 4.69) is 5.32 Å². The molecule has 0 saturated heterocycles. The lowest BCUT2D eigenvalue weighted by atomic mass is 10.1. The molecule has 2 aromatic carbocycles. The Morgan fingerprint density at radius 1 is 1.23 bits per heavy atom. The molecule has 2 atom stereocenters. The van der Waals surface area contributed by atoms with Crippen LogP contribution in [0.25, 0.3) is 0 Å². The van der Waals surface area contributed by atoms with Crippen molar-refractivity contribution in [3.05, 3.63) is 64.7 Å². The number of nitrogens with one attached hydrogen (secondary N) is 1. The Morgan fingerprint density at radius 2 is 2.00 bits per heavy atom. The summed E-state index contributed by atoms with van der Waals surface area (Å²) in [4.78, 5) is 12.2. The van der Waals surface area contributed by atoms with Crippen molar-refractivity contribution in [2.75, 3.05) is 5.73 Å². The first-order chi connectivity index (χ1) is 10.5. The molecular weight excluding hydrogens is 290 g/mol. The summed E-state index contributed by atoms with van der Waals surface area (Å²) in [6.45, 7) is 0. The lowest BCUT2D eigenvalue weighted by Crippen LogP contribution is -2.34. The van der Waals surface area contributed by atoms with Gasteiger partial charge in [0.15, 0.2) is 0 Å². The van der Waals surface area contributed by atoms with Crippen molar-refractivity contribution in [3.8, 4) is 0 Å². The zero-order chi connectivity index (χ0) is 15.9. The van der Waals surface area contributed by atoms with Crippen molar-refractivity contribution in [3.63, 3.8) is 0 Å². The number of anilines is 1. The first-order valence-corrected chi connectivity index (χ1v) is 6.78. The van der Waals surface area contributed by atoms with Crippen LogP contribution in [0.5, 0.6) is 0 Å². The van der Waals surface area contributed by atoms with Crippen LogP contribution in [0.4, 0.5) is 14.5 Å². The molecule has 1 aliphatic rings. The highest BCUT2D eigenvalue weighted by atomic mass is 19.1. The highest BCUT2D eigenvalue weighted by Crippen LogP contribution is 2.32. The summed E-state index contributed by atoms with van der Waals surface area (Å²) in [5, 5.41) is 12.7. The second-order valence-electron chi connectivity index (χ2n) is 5.30. The Kier molecular flexibility index (Phi) is 3.54. The van der Waals surface area contributed by atoms with E-state index in [-0.39, 0.29) is 11.3 Å². The minimum atomic E-state index is -0.835. The van der Waals surface area contributed by atoms with Crippen LogP contribution in [0.2, 0.25) is 0 Å². The van der Waals surface area contributed by atoms with Gasteiger partial charge in [-0.3, -0.25) is 4.79 Å². The number of hydrogen-bond donors (Lipinski definition) is 3. The van der Waals surface area contributed by atoms with E-state index < -0.39 is 29.7 Å². The third-order valence-corrected chi connectivity index (χ3v) is 3.80. The SMILES string of the molecule is Nc1cc(C(=O)N[C@@H]2c3cc(F)ccc3C[C@@H]2O)ccc1F. The van der Waals surface area contributed by atoms with Crippen LogP contribution in [0.3, 0.4) is 0 Å². The summed E-state index contributed by atoms with van der Waals surface area (Å²) in [6, 6.07) is 7.13. The number of benzene rings is 2. The van der Waals surface area contributed by atoms with Crippen LogP contribution in [0.15, 0.2) is 36.4 Å². The van der Waals surface area contributed by atoms with Gasteiger partial charge >= 0.3 is 0 Å². The average Bonchev–Trinajstić information content (AvgIpc) is 2.78. The first kappa shape index (κ1) is 14.5. The van der Waals surface area contributed by atoms with Crippen molar-refractivity contribution < 1.29 is 18.7 Å². The van der Waals surface area contributed by atoms with E-state index >= 15 is 0 Å². The maximum Gasteiger partial charge on any atom is 0.251 e. The highest BCUT2D eigenvalue weighted by molar-refractivity contribution is 5.95. The molecule has 0 spiro atoms. The van der Waals surface area contributed by atoms with Gasteiger partial charge in [-0.25, -0.2) is 8.78 Å². The molecule has 6 heteroatoms. The molecule has 3 rings (SSSR count). The molecule has 0 heterocycles. The summed E-state index contributed by atoms with van der Waals surface area (Å²) < 4.78 is 26.5. The molecule has 22 heavy (non-hydrogen) atoms.